The van der Waals surface area contributed by atoms with Gasteiger partial charge in [-0.15, -0.1) is 0 Å². The third-order valence-electron chi connectivity index (χ3n) is 14.1. The van der Waals surface area contributed by atoms with Gasteiger partial charge in [0.25, 0.3) is 0 Å². The molecule has 6 nitrogen and oxygen atoms in total. The van der Waals surface area contributed by atoms with E-state index < -0.39 is 6.10 Å². The predicted molar refractivity (Wildman–Crippen MR) is 353 cm³/mol. The Kier molecular flexibility index (Phi) is 64.3. The summed E-state index contributed by atoms with van der Waals surface area (Å²) in [7, 11) is 0. The summed E-state index contributed by atoms with van der Waals surface area (Å²) in [5.74, 6) is -0.938. The molecule has 6 heteroatoms. The first-order valence-corrected chi connectivity index (χ1v) is 33.7. The molecule has 1 atom stereocenters. The molecular weight excluding hydrogens is 997 g/mol. The average Bonchev–Trinajstić information content (AvgIpc) is 3.47. The van der Waals surface area contributed by atoms with Crippen molar-refractivity contribution in [2.45, 2.75) is 309 Å². The van der Waals surface area contributed by atoms with Crippen LogP contribution in [0.25, 0.3) is 0 Å². The number of carbonyl (C=O) groups excluding carboxylic acids is 3. The van der Waals surface area contributed by atoms with Crippen LogP contribution in [0.3, 0.4) is 0 Å². The van der Waals surface area contributed by atoms with Gasteiger partial charge in [0.15, 0.2) is 6.10 Å². The minimum Gasteiger partial charge on any atom is -0.462 e. The number of allylic oxidation sites excluding steroid dienone is 22. The van der Waals surface area contributed by atoms with Gasteiger partial charge in [0.1, 0.15) is 13.2 Å². The van der Waals surface area contributed by atoms with Crippen molar-refractivity contribution in [1.29, 1.82) is 0 Å². The van der Waals surface area contributed by atoms with E-state index >= 15 is 0 Å². The van der Waals surface area contributed by atoms with E-state index in [1.807, 2.05) is 0 Å². The fourth-order valence-electron chi connectivity index (χ4n) is 9.07. The zero-order valence-electron chi connectivity index (χ0n) is 52.8. The molecule has 0 aromatic rings. The molecule has 0 saturated heterocycles. The first-order chi connectivity index (χ1) is 40.0. The third-order valence-corrected chi connectivity index (χ3v) is 14.1. The van der Waals surface area contributed by atoms with Crippen LogP contribution in [-0.2, 0) is 28.6 Å². The van der Waals surface area contributed by atoms with Crippen molar-refractivity contribution >= 4 is 17.9 Å². The molecule has 0 rings (SSSR count). The maximum Gasteiger partial charge on any atom is 0.306 e. The van der Waals surface area contributed by atoms with Crippen LogP contribution >= 0.6 is 0 Å². The predicted octanol–water partition coefficient (Wildman–Crippen LogP) is 23.3. The van der Waals surface area contributed by atoms with E-state index in [9.17, 15) is 14.4 Å². The van der Waals surface area contributed by atoms with Crippen molar-refractivity contribution < 1.29 is 28.6 Å². The van der Waals surface area contributed by atoms with Crippen molar-refractivity contribution in [2.75, 3.05) is 13.2 Å². The van der Waals surface area contributed by atoms with E-state index in [1.54, 1.807) is 0 Å². The van der Waals surface area contributed by atoms with Crippen molar-refractivity contribution in [3.63, 3.8) is 0 Å². The lowest BCUT2D eigenvalue weighted by Crippen LogP contribution is -2.30. The van der Waals surface area contributed by atoms with Gasteiger partial charge in [-0.05, 0) is 141 Å². The molecule has 0 aliphatic heterocycles. The monoisotopic (exact) mass is 1120 g/mol. The molecule has 0 aliphatic rings. The summed E-state index contributed by atoms with van der Waals surface area (Å²) in [6.07, 6.45) is 96.0. The van der Waals surface area contributed by atoms with E-state index in [2.05, 4.69) is 154 Å². The van der Waals surface area contributed by atoms with E-state index in [4.69, 9.17) is 14.2 Å². The number of hydrogen-bond acceptors (Lipinski definition) is 6. The minimum absolute atomic E-state index is 0.0968. The van der Waals surface area contributed by atoms with Gasteiger partial charge >= 0.3 is 17.9 Å². The first-order valence-electron chi connectivity index (χ1n) is 33.7. The lowest BCUT2D eigenvalue weighted by Gasteiger charge is -2.18. The highest BCUT2D eigenvalue weighted by Gasteiger charge is 2.19. The number of unbranched alkanes of at least 4 members (excludes halogenated alkanes) is 27. The number of esters is 3. The van der Waals surface area contributed by atoms with Crippen LogP contribution in [0.4, 0.5) is 0 Å². The molecule has 0 N–H and O–H groups in total. The molecule has 0 aromatic carbocycles. The lowest BCUT2D eigenvalue weighted by atomic mass is 10.1. The second-order valence-electron chi connectivity index (χ2n) is 22.0. The van der Waals surface area contributed by atoms with Crippen molar-refractivity contribution in [1.82, 2.24) is 0 Å². The highest BCUT2D eigenvalue weighted by Crippen LogP contribution is 2.15. The van der Waals surface area contributed by atoms with Crippen LogP contribution in [0.2, 0.25) is 0 Å². The Morgan fingerprint density at radius 2 is 0.481 bits per heavy atom. The topological polar surface area (TPSA) is 78.9 Å². The summed E-state index contributed by atoms with van der Waals surface area (Å²) >= 11 is 0. The van der Waals surface area contributed by atoms with Crippen LogP contribution in [-0.4, -0.2) is 37.2 Å². The zero-order valence-corrected chi connectivity index (χ0v) is 52.8. The van der Waals surface area contributed by atoms with E-state index in [-0.39, 0.29) is 31.1 Å². The summed E-state index contributed by atoms with van der Waals surface area (Å²) in [5.41, 5.74) is 0. The van der Waals surface area contributed by atoms with Gasteiger partial charge in [0.2, 0.25) is 0 Å². The lowest BCUT2D eigenvalue weighted by molar-refractivity contribution is -0.167. The number of ether oxygens (including phenoxy) is 3. The van der Waals surface area contributed by atoms with Gasteiger partial charge < -0.3 is 14.2 Å². The van der Waals surface area contributed by atoms with Crippen LogP contribution < -0.4 is 0 Å². The Morgan fingerprint density at radius 1 is 0.259 bits per heavy atom. The molecule has 0 saturated carbocycles. The highest BCUT2D eigenvalue weighted by molar-refractivity contribution is 5.71. The van der Waals surface area contributed by atoms with E-state index in [1.165, 1.54) is 128 Å². The second kappa shape index (κ2) is 68.1. The maximum absolute atomic E-state index is 12.9. The van der Waals surface area contributed by atoms with Crippen molar-refractivity contribution in [3.8, 4) is 0 Å². The minimum atomic E-state index is -0.803. The van der Waals surface area contributed by atoms with Gasteiger partial charge in [-0.2, -0.15) is 0 Å². The fraction of sp³-hybridized carbons (Fsp3) is 0.667. The number of carbonyl (C=O) groups is 3. The molecule has 0 bridgehead atoms. The largest absolute Gasteiger partial charge is 0.462 e. The standard InChI is InChI=1S/C75H124O6/c1-4-7-10-13-16-19-22-25-28-30-32-33-34-35-36-37-38-39-40-41-42-43-44-46-47-50-53-56-59-62-65-68-74(77)80-71-72(70-79-73(76)67-64-61-58-55-52-49-27-24-21-18-15-12-9-6-3)81-75(78)69-66-63-60-57-54-51-48-45-31-29-26-23-20-17-14-11-8-5-2/h7,10,16,19,24-25,27-29,31-33,35-36,38-39,41-42,44,46,50,53,72H,4-6,8-9,11-15,17-18,20-23,26,30,34,37,40,43,45,47-49,51-52,54-71H2,1-3H3/b10-7-,19-16-,27-24-,28-25-,31-29-,33-32-,36-35-,39-38-,42-41-,46-44-,53-50-. The van der Waals surface area contributed by atoms with Gasteiger partial charge in [0, 0.05) is 19.3 Å². The van der Waals surface area contributed by atoms with Gasteiger partial charge in [-0.1, -0.05) is 276 Å². The molecule has 0 aromatic heterocycles. The summed E-state index contributed by atoms with van der Waals surface area (Å²) in [4.78, 5) is 38.3. The van der Waals surface area contributed by atoms with Crippen LogP contribution in [0.15, 0.2) is 134 Å². The smallest absolute Gasteiger partial charge is 0.306 e. The molecular formula is C75H124O6. The average molecular weight is 1120 g/mol. The molecule has 0 spiro atoms. The van der Waals surface area contributed by atoms with Crippen molar-refractivity contribution in [2.24, 2.45) is 0 Å². The zero-order chi connectivity index (χ0) is 58.5. The van der Waals surface area contributed by atoms with E-state index in [0.29, 0.717) is 19.3 Å². The van der Waals surface area contributed by atoms with Gasteiger partial charge in [0.05, 0.1) is 0 Å². The van der Waals surface area contributed by atoms with Crippen LogP contribution in [0, 0.1) is 0 Å². The summed E-state index contributed by atoms with van der Waals surface area (Å²) in [6, 6.07) is 0. The molecule has 0 aliphatic carbocycles. The van der Waals surface area contributed by atoms with Crippen molar-refractivity contribution in [3.05, 3.63) is 134 Å². The Labute approximate surface area is 500 Å². The maximum atomic E-state index is 12.9. The summed E-state index contributed by atoms with van der Waals surface area (Å²) in [5, 5.41) is 0. The molecule has 460 valence electrons. The molecule has 0 amide bonds. The SMILES string of the molecule is CC/C=C\C/C=C\C/C=C\C/C=C\C/C=C\C/C=C\C/C=C\C/C=C\C/C=C\CCCCCC(=O)OCC(COC(=O)CCCCCCC/C=C\CCCCCCC)OC(=O)CCCCCCCCC/C=C\CCCCCCCCC. The molecule has 0 fully saturated rings. The Hall–Kier alpha value is -4.45. The van der Waals surface area contributed by atoms with Crippen LogP contribution in [0.5, 0.6) is 0 Å². The third kappa shape index (κ3) is 66.2. The summed E-state index contributed by atoms with van der Waals surface area (Å²) < 4.78 is 16.9. The number of rotatable bonds is 60. The Morgan fingerprint density at radius 3 is 0.778 bits per heavy atom. The fourth-order valence-corrected chi connectivity index (χ4v) is 9.07. The summed E-state index contributed by atoms with van der Waals surface area (Å²) in [6.45, 7) is 6.49. The normalized spacial score (nSPS) is 13.0. The Bertz CT molecular complexity index is 1720. The Balaban J connectivity index is 4.41. The van der Waals surface area contributed by atoms with E-state index in [0.717, 1.165) is 135 Å². The van der Waals surface area contributed by atoms with Crippen LogP contribution in [0.1, 0.15) is 303 Å². The molecule has 1 unspecified atom stereocenters. The molecule has 0 radical (unpaired) electrons. The quantitative estimate of drug-likeness (QED) is 0.0261. The number of hydrogen-bond donors (Lipinski definition) is 0. The molecule has 81 heavy (non-hydrogen) atoms. The van der Waals surface area contributed by atoms with Gasteiger partial charge in [-0.3, -0.25) is 14.4 Å². The first kappa shape index (κ1) is 76.5. The molecule has 0 heterocycles. The second-order valence-corrected chi connectivity index (χ2v) is 22.0. The van der Waals surface area contributed by atoms with Gasteiger partial charge in [-0.25, -0.2) is 0 Å². The highest BCUT2D eigenvalue weighted by atomic mass is 16.6.